The number of carbonyl (C=O) groups is 1. The lowest BCUT2D eigenvalue weighted by molar-refractivity contribution is 0.0620. The second kappa shape index (κ2) is 6.59. The van der Waals surface area contributed by atoms with E-state index < -0.39 is 0 Å². The lowest BCUT2D eigenvalue weighted by Crippen LogP contribution is -2.45. The molecule has 2 N–H and O–H groups in total. The topological polar surface area (TPSA) is 46.3 Å². The molecule has 1 aliphatic carbocycles. The van der Waals surface area contributed by atoms with Gasteiger partial charge in [0.1, 0.15) is 0 Å². The Labute approximate surface area is 126 Å². The van der Waals surface area contributed by atoms with Crippen LogP contribution in [-0.2, 0) is 0 Å². The molecule has 1 fully saturated rings. The van der Waals surface area contributed by atoms with Crippen molar-refractivity contribution < 1.29 is 4.79 Å². The third-order valence-corrected chi connectivity index (χ3v) is 4.82. The van der Waals surface area contributed by atoms with E-state index in [2.05, 4.69) is 0 Å². The van der Waals surface area contributed by atoms with Gasteiger partial charge in [-0.1, -0.05) is 30.5 Å². The highest BCUT2D eigenvalue weighted by molar-refractivity contribution is 6.31. The molecule has 0 bridgehead atoms. The Morgan fingerprint density at radius 1 is 1.40 bits per heavy atom. The third kappa shape index (κ3) is 3.15. The molecule has 0 aliphatic heterocycles. The monoisotopic (exact) mass is 294 g/mol. The van der Waals surface area contributed by atoms with Crippen molar-refractivity contribution in [3.63, 3.8) is 0 Å². The van der Waals surface area contributed by atoms with E-state index in [1.165, 1.54) is 12.8 Å². The first-order chi connectivity index (χ1) is 9.54. The van der Waals surface area contributed by atoms with Crippen molar-refractivity contribution in [3.05, 3.63) is 34.3 Å². The number of nitrogens with zero attached hydrogens (tertiary/aromatic N) is 1. The van der Waals surface area contributed by atoms with E-state index in [-0.39, 0.29) is 11.9 Å². The zero-order valence-electron chi connectivity index (χ0n) is 12.2. The van der Waals surface area contributed by atoms with Crippen molar-refractivity contribution >= 4 is 17.5 Å². The Morgan fingerprint density at radius 2 is 2.10 bits per heavy atom. The zero-order valence-corrected chi connectivity index (χ0v) is 13.0. The van der Waals surface area contributed by atoms with Gasteiger partial charge in [-0.05, 0) is 49.9 Å². The standard InChI is InChI=1S/C16H23ClN2O/c1-11-7-8-12(9-14(11)17)16(20)19(2)15-6-4-3-5-13(15)10-18/h7-9,13,15H,3-6,10,18H2,1-2H3. The number of benzene rings is 1. The molecule has 0 radical (unpaired) electrons. The van der Waals surface area contributed by atoms with Crippen LogP contribution in [0.1, 0.15) is 41.6 Å². The molecule has 1 amide bonds. The fourth-order valence-electron chi connectivity index (χ4n) is 3.05. The minimum Gasteiger partial charge on any atom is -0.338 e. The van der Waals surface area contributed by atoms with Crippen molar-refractivity contribution in [3.8, 4) is 0 Å². The number of rotatable bonds is 3. The van der Waals surface area contributed by atoms with Crippen molar-refractivity contribution in [2.24, 2.45) is 11.7 Å². The maximum absolute atomic E-state index is 12.6. The molecule has 2 unspecified atom stereocenters. The number of aryl methyl sites for hydroxylation is 1. The lowest BCUT2D eigenvalue weighted by atomic mass is 9.83. The molecule has 1 aromatic carbocycles. The molecule has 2 atom stereocenters. The van der Waals surface area contributed by atoms with E-state index in [1.54, 1.807) is 6.07 Å². The normalized spacial score (nSPS) is 22.6. The van der Waals surface area contributed by atoms with Gasteiger partial charge in [0.2, 0.25) is 0 Å². The highest BCUT2D eigenvalue weighted by Crippen LogP contribution is 2.28. The second-order valence-corrected chi connectivity index (χ2v) is 6.13. The van der Waals surface area contributed by atoms with Gasteiger partial charge in [-0.3, -0.25) is 4.79 Å². The summed E-state index contributed by atoms with van der Waals surface area (Å²) in [6.45, 7) is 2.59. The average molecular weight is 295 g/mol. The van der Waals surface area contributed by atoms with Gasteiger partial charge in [0.25, 0.3) is 5.91 Å². The van der Waals surface area contributed by atoms with E-state index in [0.717, 1.165) is 18.4 Å². The summed E-state index contributed by atoms with van der Waals surface area (Å²) in [5.74, 6) is 0.455. The maximum atomic E-state index is 12.6. The number of amides is 1. The lowest BCUT2D eigenvalue weighted by Gasteiger charge is -2.37. The summed E-state index contributed by atoms with van der Waals surface area (Å²) in [6.07, 6.45) is 4.56. The minimum absolute atomic E-state index is 0.0391. The first kappa shape index (κ1) is 15.3. The van der Waals surface area contributed by atoms with Crippen LogP contribution in [0.5, 0.6) is 0 Å². The number of halogens is 1. The van der Waals surface area contributed by atoms with Gasteiger partial charge in [-0.15, -0.1) is 0 Å². The van der Waals surface area contributed by atoms with Gasteiger partial charge >= 0.3 is 0 Å². The van der Waals surface area contributed by atoms with E-state index in [4.69, 9.17) is 17.3 Å². The average Bonchev–Trinajstić information content (AvgIpc) is 2.48. The van der Waals surface area contributed by atoms with Crippen LogP contribution >= 0.6 is 11.6 Å². The van der Waals surface area contributed by atoms with Crippen molar-refractivity contribution in [1.29, 1.82) is 0 Å². The van der Waals surface area contributed by atoms with Gasteiger partial charge in [-0.2, -0.15) is 0 Å². The van der Waals surface area contributed by atoms with Crippen LogP contribution < -0.4 is 5.73 Å². The number of carbonyl (C=O) groups excluding carboxylic acids is 1. The fourth-order valence-corrected chi connectivity index (χ4v) is 3.23. The van der Waals surface area contributed by atoms with E-state index in [0.29, 0.717) is 23.0 Å². The molecule has 0 saturated heterocycles. The highest BCUT2D eigenvalue weighted by atomic mass is 35.5. The molecule has 4 heteroatoms. The van der Waals surface area contributed by atoms with Crippen LogP contribution in [0.25, 0.3) is 0 Å². The Morgan fingerprint density at radius 3 is 2.75 bits per heavy atom. The zero-order chi connectivity index (χ0) is 14.7. The Balaban J connectivity index is 2.16. The van der Waals surface area contributed by atoms with Gasteiger partial charge in [0.15, 0.2) is 0 Å². The molecular formula is C16H23ClN2O. The smallest absolute Gasteiger partial charge is 0.253 e. The first-order valence-corrected chi connectivity index (χ1v) is 7.65. The number of hydrogen-bond donors (Lipinski definition) is 1. The largest absolute Gasteiger partial charge is 0.338 e. The molecule has 0 heterocycles. The first-order valence-electron chi connectivity index (χ1n) is 7.28. The molecule has 0 aromatic heterocycles. The van der Waals surface area contributed by atoms with Crippen molar-refractivity contribution in [2.45, 2.75) is 38.6 Å². The van der Waals surface area contributed by atoms with Gasteiger partial charge < -0.3 is 10.6 Å². The number of nitrogens with two attached hydrogens (primary N) is 1. The summed E-state index contributed by atoms with van der Waals surface area (Å²) in [4.78, 5) is 14.5. The van der Waals surface area contributed by atoms with Gasteiger partial charge in [0.05, 0.1) is 0 Å². The summed E-state index contributed by atoms with van der Waals surface area (Å²) in [6, 6.07) is 5.75. The van der Waals surface area contributed by atoms with E-state index in [9.17, 15) is 4.79 Å². The molecule has 1 aliphatic rings. The van der Waals surface area contributed by atoms with Crippen LogP contribution in [0.4, 0.5) is 0 Å². The predicted molar refractivity (Wildman–Crippen MR) is 83.1 cm³/mol. The Hall–Kier alpha value is -1.06. The van der Waals surface area contributed by atoms with E-state index >= 15 is 0 Å². The number of hydrogen-bond acceptors (Lipinski definition) is 2. The maximum Gasteiger partial charge on any atom is 0.253 e. The fraction of sp³-hybridized carbons (Fsp3) is 0.562. The quantitative estimate of drug-likeness (QED) is 0.930. The van der Waals surface area contributed by atoms with Crippen molar-refractivity contribution in [1.82, 2.24) is 4.90 Å². The van der Waals surface area contributed by atoms with Crippen LogP contribution in [-0.4, -0.2) is 30.4 Å². The SMILES string of the molecule is Cc1ccc(C(=O)N(C)C2CCCCC2CN)cc1Cl. The molecule has 2 rings (SSSR count). The molecule has 1 aromatic rings. The van der Waals surface area contributed by atoms with Crippen LogP contribution in [0, 0.1) is 12.8 Å². The predicted octanol–water partition coefficient (Wildman–Crippen LogP) is 3.24. The minimum atomic E-state index is 0.0391. The molecule has 0 spiro atoms. The Kier molecular flexibility index (Phi) is 5.06. The summed E-state index contributed by atoms with van der Waals surface area (Å²) in [5.41, 5.74) is 7.50. The summed E-state index contributed by atoms with van der Waals surface area (Å²) in [7, 11) is 1.88. The van der Waals surface area contributed by atoms with Gasteiger partial charge in [0, 0.05) is 23.7 Å². The second-order valence-electron chi connectivity index (χ2n) is 5.73. The highest BCUT2D eigenvalue weighted by Gasteiger charge is 2.30. The van der Waals surface area contributed by atoms with Crippen molar-refractivity contribution in [2.75, 3.05) is 13.6 Å². The van der Waals surface area contributed by atoms with Crippen LogP contribution in [0.2, 0.25) is 5.02 Å². The molecule has 3 nitrogen and oxygen atoms in total. The third-order valence-electron chi connectivity index (χ3n) is 4.41. The molecule has 20 heavy (non-hydrogen) atoms. The van der Waals surface area contributed by atoms with Gasteiger partial charge in [-0.25, -0.2) is 0 Å². The van der Waals surface area contributed by atoms with Crippen LogP contribution in [0.3, 0.4) is 0 Å². The Bertz CT molecular complexity index is 489. The summed E-state index contributed by atoms with van der Waals surface area (Å²) >= 11 is 6.11. The molecule has 1 saturated carbocycles. The molecular weight excluding hydrogens is 272 g/mol. The van der Waals surface area contributed by atoms with E-state index in [1.807, 2.05) is 31.0 Å². The van der Waals surface area contributed by atoms with Crippen LogP contribution in [0.15, 0.2) is 18.2 Å². The molecule has 110 valence electrons. The summed E-state index contributed by atoms with van der Waals surface area (Å²) in [5, 5.41) is 0.642. The summed E-state index contributed by atoms with van der Waals surface area (Å²) < 4.78 is 0.